The first-order valence-corrected chi connectivity index (χ1v) is 8.39. The van der Waals surface area contributed by atoms with Crippen molar-refractivity contribution in [3.8, 4) is 0 Å². The van der Waals surface area contributed by atoms with E-state index in [0.29, 0.717) is 22.4 Å². The molecule has 0 saturated carbocycles. The molecular formula is C19H18FN3O4. The molecule has 0 fully saturated rings. The van der Waals surface area contributed by atoms with Crippen molar-refractivity contribution in [3.63, 3.8) is 0 Å². The van der Waals surface area contributed by atoms with Crippen LogP contribution in [-0.4, -0.2) is 28.1 Å². The van der Waals surface area contributed by atoms with Gasteiger partial charge in [-0.1, -0.05) is 12.1 Å². The number of nitrogens with one attached hydrogen (secondary N) is 1. The highest BCUT2D eigenvalue weighted by molar-refractivity contribution is 5.99. The second kappa shape index (κ2) is 7.53. The Hall–Kier alpha value is -3.29. The second-order valence-electron chi connectivity index (χ2n) is 6.07. The van der Waals surface area contributed by atoms with Crippen LogP contribution in [0.2, 0.25) is 0 Å². The maximum absolute atomic E-state index is 13.3. The summed E-state index contributed by atoms with van der Waals surface area (Å²) >= 11 is 0. The number of carbonyl (C=O) groups excluding carboxylic acids is 2. The van der Waals surface area contributed by atoms with Crippen molar-refractivity contribution in [2.45, 2.75) is 33.3 Å². The van der Waals surface area contributed by atoms with E-state index in [1.54, 1.807) is 32.9 Å². The lowest BCUT2D eigenvalue weighted by atomic mass is 10.1. The monoisotopic (exact) mass is 371 g/mol. The Morgan fingerprint density at radius 3 is 2.70 bits per heavy atom. The van der Waals surface area contributed by atoms with E-state index in [1.165, 1.54) is 18.2 Å². The lowest BCUT2D eigenvalue weighted by Gasteiger charge is -2.16. The Kier molecular flexibility index (Phi) is 5.16. The number of anilines is 1. The largest absolute Gasteiger partial charge is 0.449 e. The van der Waals surface area contributed by atoms with E-state index >= 15 is 0 Å². The normalized spacial score (nSPS) is 12.0. The number of amides is 1. The van der Waals surface area contributed by atoms with E-state index in [-0.39, 0.29) is 17.8 Å². The van der Waals surface area contributed by atoms with Crippen molar-refractivity contribution in [1.82, 2.24) is 10.1 Å². The molecule has 0 bridgehead atoms. The van der Waals surface area contributed by atoms with Crippen LogP contribution in [0.5, 0.6) is 0 Å². The van der Waals surface area contributed by atoms with Gasteiger partial charge in [-0.2, -0.15) is 0 Å². The van der Waals surface area contributed by atoms with Crippen molar-refractivity contribution >= 4 is 28.6 Å². The quantitative estimate of drug-likeness (QED) is 0.689. The summed E-state index contributed by atoms with van der Waals surface area (Å²) in [6.45, 7) is 5.04. The van der Waals surface area contributed by atoms with Crippen LogP contribution in [0.1, 0.15) is 35.2 Å². The molecule has 7 nitrogen and oxygen atoms in total. The number of aryl methyl sites for hydroxylation is 2. The zero-order chi connectivity index (χ0) is 19.6. The summed E-state index contributed by atoms with van der Waals surface area (Å²) in [7, 11) is 0. The summed E-state index contributed by atoms with van der Waals surface area (Å²) in [6, 6.07) is 7.25. The van der Waals surface area contributed by atoms with E-state index in [9.17, 15) is 14.0 Å². The Balaban J connectivity index is 1.78. The van der Waals surface area contributed by atoms with Crippen LogP contribution in [0.3, 0.4) is 0 Å². The molecule has 27 heavy (non-hydrogen) atoms. The van der Waals surface area contributed by atoms with Crippen molar-refractivity contribution in [2.24, 2.45) is 0 Å². The zero-order valence-electron chi connectivity index (χ0n) is 15.1. The number of fused-ring (bicyclic) bond motifs is 1. The van der Waals surface area contributed by atoms with Crippen LogP contribution in [0.25, 0.3) is 10.9 Å². The minimum Gasteiger partial charge on any atom is -0.449 e. The Bertz CT molecular complexity index is 1020. The van der Waals surface area contributed by atoms with Crippen LogP contribution >= 0.6 is 0 Å². The van der Waals surface area contributed by atoms with Gasteiger partial charge in [0, 0.05) is 17.5 Å². The smallest absolute Gasteiger partial charge is 0.340 e. The molecule has 1 N–H and O–H groups in total. The molecule has 0 unspecified atom stereocenters. The van der Waals surface area contributed by atoms with E-state index in [4.69, 9.17) is 9.26 Å². The number of hydrogen-bond acceptors (Lipinski definition) is 6. The van der Waals surface area contributed by atoms with Crippen LogP contribution in [0.15, 0.2) is 34.9 Å². The average molecular weight is 371 g/mol. The lowest BCUT2D eigenvalue weighted by molar-refractivity contribution is -0.124. The number of nitrogens with zero attached hydrogens (tertiary/aromatic N) is 2. The SMILES string of the molecule is CC[C@@H](OC(=O)c1cc2ccc(F)cc2nc1C)C(=O)Nc1cc(C)on1. The maximum atomic E-state index is 13.3. The van der Waals surface area contributed by atoms with Crippen molar-refractivity contribution in [2.75, 3.05) is 5.32 Å². The van der Waals surface area contributed by atoms with Crippen LogP contribution in [0.4, 0.5) is 10.2 Å². The molecule has 0 aliphatic carbocycles. The molecule has 2 heterocycles. The first kappa shape index (κ1) is 18.5. The number of halogens is 1. The number of esters is 1. The number of pyridine rings is 1. The number of hydrogen-bond donors (Lipinski definition) is 1. The van der Waals surface area contributed by atoms with Gasteiger partial charge in [0.05, 0.1) is 16.8 Å². The molecule has 0 aliphatic rings. The van der Waals surface area contributed by atoms with E-state index in [1.807, 2.05) is 0 Å². The fourth-order valence-corrected chi connectivity index (χ4v) is 2.59. The molecule has 0 radical (unpaired) electrons. The highest BCUT2D eigenvalue weighted by atomic mass is 19.1. The zero-order valence-corrected chi connectivity index (χ0v) is 15.1. The molecule has 2 aromatic heterocycles. The molecule has 0 spiro atoms. The third kappa shape index (κ3) is 4.11. The summed E-state index contributed by atoms with van der Waals surface area (Å²) in [5.74, 6) is -0.796. The minimum atomic E-state index is -1.00. The van der Waals surface area contributed by atoms with Crippen molar-refractivity contribution in [1.29, 1.82) is 0 Å². The number of rotatable bonds is 5. The first-order chi connectivity index (χ1) is 12.9. The molecule has 3 rings (SSSR count). The van der Waals surface area contributed by atoms with Gasteiger partial charge in [0.1, 0.15) is 11.6 Å². The molecule has 0 saturated heterocycles. The highest BCUT2D eigenvalue weighted by Gasteiger charge is 2.24. The van der Waals surface area contributed by atoms with Gasteiger partial charge in [0.15, 0.2) is 11.9 Å². The van der Waals surface area contributed by atoms with E-state index in [2.05, 4.69) is 15.5 Å². The third-order valence-electron chi connectivity index (χ3n) is 3.98. The van der Waals surface area contributed by atoms with Gasteiger partial charge < -0.3 is 14.6 Å². The summed E-state index contributed by atoms with van der Waals surface area (Å²) in [5, 5.41) is 6.82. The summed E-state index contributed by atoms with van der Waals surface area (Å²) in [4.78, 5) is 29.1. The predicted octanol–water partition coefficient (Wildman–Crippen LogP) is 3.55. The first-order valence-electron chi connectivity index (χ1n) is 8.39. The fraction of sp³-hybridized carbons (Fsp3) is 0.263. The van der Waals surface area contributed by atoms with Gasteiger partial charge in [0.2, 0.25) is 0 Å². The second-order valence-corrected chi connectivity index (χ2v) is 6.07. The Morgan fingerprint density at radius 1 is 1.26 bits per heavy atom. The number of benzene rings is 1. The lowest BCUT2D eigenvalue weighted by Crippen LogP contribution is -2.32. The third-order valence-corrected chi connectivity index (χ3v) is 3.98. The van der Waals surface area contributed by atoms with E-state index < -0.39 is 23.8 Å². The maximum Gasteiger partial charge on any atom is 0.340 e. The molecule has 140 valence electrons. The van der Waals surface area contributed by atoms with Gasteiger partial charge in [-0.15, -0.1) is 0 Å². The van der Waals surface area contributed by atoms with Gasteiger partial charge in [-0.3, -0.25) is 9.78 Å². The highest BCUT2D eigenvalue weighted by Crippen LogP contribution is 2.19. The molecular weight excluding hydrogens is 353 g/mol. The fourth-order valence-electron chi connectivity index (χ4n) is 2.59. The summed E-state index contributed by atoms with van der Waals surface area (Å²) in [5.41, 5.74) is 1.05. The van der Waals surface area contributed by atoms with Gasteiger partial charge in [-0.05, 0) is 38.5 Å². The molecule has 1 aromatic carbocycles. The molecule has 0 aliphatic heterocycles. The minimum absolute atomic E-state index is 0.220. The Labute approximate surface area is 154 Å². The average Bonchev–Trinajstić information content (AvgIpc) is 3.03. The van der Waals surface area contributed by atoms with Crippen molar-refractivity contribution in [3.05, 3.63) is 53.2 Å². The van der Waals surface area contributed by atoms with E-state index in [0.717, 1.165) is 0 Å². The van der Waals surface area contributed by atoms with Crippen molar-refractivity contribution < 1.29 is 23.2 Å². The topological polar surface area (TPSA) is 94.3 Å². The van der Waals surface area contributed by atoms with Gasteiger partial charge >= 0.3 is 5.97 Å². The van der Waals surface area contributed by atoms with Gasteiger partial charge in [-0.25, -0.2) is 9.18 Å². The number of carbonyl (C=O) groups is 2. The summed E-state index contributed by atoms with van der Waals surface area (Å²) < 4.78 is 23.6. The molecule has 1 amide bonds. The van der Waals surface area contributed by atoms with Crippen LogP contribution in [0, 0.1) is 19.7 Å². The summed E-state index contributed by atoms with van der Waals surface area (Å²) in [6.07, 6.45) is -0.725. The Morgan fingerprint density at radius 2 is 2.04 bits per heavy atom. The molecule has 3 aromatic rings. The predicted molar refractivity (Wildman–Crippen MR) is 95.8 cm³/mol. The molecule has 8 heteroatoms. The number of aromatic nitrogens is 2. The van der Waals surface area contributed by atoms with Gasteiger partial charge in [0.25, 0.3) is 5.91 Å². The van der Waals surface area contributed by atoms with Crippen LogP contribution < -0.4 is 5.32 Å². The standard InChI is InChI=1S/C19H18FN3O4/c1-4-16(18(24)22-17-7-10(2)27-23-17)26-19(25)14-8-12-5-6-13(20)9-15(12)21-11(14)3/h5-9,16H,4H2,1-3H3,(H,22,23,24)/t16-/m1/s1. The number of ether oxygens (including phenoxy) is 1. The van der Waals surface area contributed by atoms with Crippen LogP contribution in [-0.2, 0) is 9.53 Å². The molecule has 1 atom stereocenters.